The van der Waals surface area contributed by atoms with Crippen LogP contribution in [0, 0.1) is 6.92 Å². The molecule has 194 valence electrons. The van der Waals surface area contributed by atoms with Gasteiger partial charge in [-0.25, -0.2) is 4.98 Å². The normalized spacial score (nSPS) is 8.86. The van der Waals surface area contributed by atoms with E-state index in [2.05, 4.69) is 15.0 Å². The zero-order valence-electron chi connectivity index (χ0n) is 23.1. The fraction of sp³-hybridized carbons (Fsp3) is 0.429. The van der Waals surface area contributed by atoms with Crippen molar-refractivity contribution in [3.63, 3.8) is 0 Å². The highest BCUT2D eigenvalue weighted by Gasteiger charge is 2.18. The molecule has 0 saturated carbocycles. The smallest absolute Gasteiger partial charge is 0.325 e. The molecule has 0 aliphatic rings. The van der Waals surface area contributed by atoms with Crippen LogP contribution < -0.4 is 10.9 Å². The summed E-state index contributed by atoms with van der Waals surface area (Å²) >= 11 is 0. The minimum atomic E-state index is -0.596. The maximum Gasteiger partial charge on any atom is 0.325 e. The van der Waals surface area contributed by atoms with E-state index in [-0.39, 0.29) is 12.1 Å². The lowest BCUT2D eigenvalue weighted by atomic mass is 10.1. The highest BCUT2D eigenvalue weighted by atomic mass is 16.5. The molecule has 0 bridgehead atoms. The molecule has 0 aliphatic carbocycles. The number of hydrogen-bond donors (Lipinski definition) is 1. The van der Waals surface area contributed by atoms with Crippen molar-refractivity contribution in [2.75, 3.05) is 7.11 Å². The molecular formula is C28H43N3O4. The Hall–Kier alpha value is -3.48. The van der Waals surface area contributed by atoms with Crippen molar-refractivity contribution in [3.05, 3.63) is 75.7 Å². The molecular weight excluding hydrogens is 442 g/mol. The van der Waals surface area contributed by atoms with Crippen LogP contribution in [0.2, 0.25) is 0 Å². The molecule has 1 N–H and O–H groups in total. The van der Waals surface area contributed by atoms with Gasteiger partial charge >= 0.3 is 5.97 Å². The zero-order chi connectivity index (χ0) is 27.4. The number of amides is 1. The number of pyridine rings is 2. The molecule has 3 rings (SSSR count). The highest BCUT2D eigenvalue weighted by Crippen LogP contribution is 2.11. The average molecular weight is 486 g/mol. The molecule has 1 aromatic carbocycles. The van der Waals surface area contributed by atoms with Gasteiger partial charge in [-0.15, -0.1) is 0 Å². The van der Waals surface area contributed by atoms with Crippen molar-refractivity contribution in [2.45, 2.75) is 75.4 Å². The summed E-state index contributed by atoms with van der Waals surface area (Å²) in [5.74, 6) is -1.11. The van der Waals surface area contributed by atoms with Crippen molar-refractivity contribution in [1.29, 1.82) is 0 Å². The van der Waals surface area contributed by atoms with Gasteiger partial charge in [0.2, 0.25) is 0 Å². The topological polar surface area (TPSA) is 90.3 Å². The van der Waals surface area contributed by atoms with Crippen LogP contribution in [-0.2, 0) is 22.6 Å². The minimum absolute atomic E-state index is 0.0495. The predicted molar refractivity (Wildman–Crippen MR) is 146 cm³/mol. The zero-order valence-corrected chi connectivity index (χ0v) is 23.1. The van der Waals surface area contributed by atoms with Gasteiger partial charge in [0.15, 0.2) is 0 Å². The fourth-order valence-electron chi connectivity index (χ4n) is 2.69. The highest BCUT2D eigenvalue weighted by molar-refractivity contribution is 5.97. The third kappa shape index (κ3) is 10.5. The first-order chi connectivity index (χ1) is 17.0. The third-order valence-electron chi connectivity index (χ3n) is 4.18. The number of aromatic nitrogens is 2. The summed E-state index contributed by atoms with van der Waals surface area (Å²) in [6.45, 7) is 18.0. The molecule has 0 saturated heterocycles. The van der Waals surface area contributed by atoms with E-state index in [4.69, 9.17) is 0 Å². The minimum Gasteiger partial charge on any atom is -0.468 e. The van der Waals surface area contributed by atoms with E-state index in [1.54, 1.807) is 12.1 Å². The lowest BCUT2D eigenvalue weighted by molar-refractivity contribution is -0.141. The number of aryl methyl sites for hydroxylation is 1. The number of rotatable bonds is 5. The van der Waals surface area contributed by atoms with Crippen molar-refractivity contribution >= 4 is 22.9 Å². The number of hydrogen-bond acceptors (Lipinski definition) is 5. The molecule has 3 aromatic rings. The molecule has 0 aliphatic heterocycles. The van der Waals surface area contributed by atoms with Crippen LogP contribution in [0.3, 0.4) is 0 Å². The van der Waals surface area contributed by atoms with E-state index in [1.807, 2.05) is 86.6 Å². The van der Waals surface area contributed by atoms with Gasteiger partial charge in [-0.3, -0.25) is 19.0 Å². The summed E-state index contributed by atoms with van der Waals surface area (Å²) in [6.07, 6.45) is 1.52. The second kappa shape index (κ2) is 19.9. The summed E-state index contributed by atoms with van der Waals surface area (Å²) in [4.78, 5) is 41.2. The molecule has 0 spiro atoms. The first kappa shape index (κ1) is 33.7. The Bertz CT molecular complexity index is 1060. The molecule has 0 fully saturated rings. The number of methoxy groups -OCH3 is 1. The van der Waals surface area contributed by atoms with Crippen molar-refractivity contribution in [1.82, 2.24) is 14.9 Å². The molecule has 2 heterocycles. The summed E-state index contributed by atoms with van der Waals surface area (Å²) in [5, 5.41) is 3.33. The van der Waals surface area contributed by atoms with E-state index in [9.17, 15) is 14.4 Å². The molecule has 0 atom stereocenters. The Morgan fingerprint density at radius 3 is 2.06 bits per heavy atom. The predicted octanol–water partition coefficient (Wildman–Crippen LogP) is 5.91. The van der Waals surface area contributed by atoms with Crippen LogP contribution in [0.4, 0.5) is 0 Å². The molecule has 35 heavy (non-hydrogen) atoms. The summed E-state index contributed by atoms with van der Waals surface area (Å²) in [5.41, 5.74) is 1.73. The summed E-state index contributed by atoms with van der Waals surface area (Å²) < 4.78 is 5.80. The SMILES string of the molecule is CC.CC.CC.CC.COC(=O)Cn1c(=O)c(C(=O)NCc2ccc(C)cc2)cc2cccnc21. The van der Waals surface area contributed by atoms with E-state index in [0.717, 1.165) is 15.7 Å². The largest absolute Gasteiger partial charge is 0.468 e. The number of ether oxygens (including phenoxy) is 1. The van der Waals surface area contributed by atoms with Gasteiger partial charge in [-0.05, 0) is 30.7 Å². The van der Waals surface area contributed by atoms with Crippen LogP contribution >= 0.6 is 0 Å². The summed E-state index contributed by atoms with van der Waals surface area (Å²) in [6, 6.07) is 12.6. The monoisotopic (exact) mass is 485 g/mol. The molecule has 0 unspecified atom stereocenters. The third-order valence-corrected chi connectivity index (χ3v) is 4.18. The van der Waals surface area contributed by atoms with Crippen molar-refractivity contribution < 1.29 is 14.3 Å². The number of nitrogens with one attached hydrogen (secondary N) is 1. The lowest BCUT2D eigenvalue weighted by Gasteiger charge is -2.11. The molecule has 0 radical (unpaired) electrons. The fourth-order valence-corrected chi connectivity index (χ4v) is 2.69. The van der Waals surface area contributed by atoms with Crippen LogP contribution in [0.1, 0.15) is 76.9 Å². The van der Waals surface area contributed by atoms with Gasteiger partial charge in [0.25, 0.3) is 11.5 Å². The van der Waals surface area contributed by atoms with E-state index in [1.165, 1.54) is 19.4 Å². The van der Waals surface area contributed by atoms with Crippen LogP contribution in [0.25, 0.3) is 11.0 Å². The van der Waals surface area contributed by atoms with E-state index < -0.39 is 17.4 Å². The second-order valence-corrected chi connectivity index (χ2v) is 6.11. The summed E-state index contributed by atoms with van der Waals surface area (Å²) in [7, 11) is 1.24. The van der Waals surface area contributed by atoms with Crippen LogP contribution in [-0.4, -0.2) is 28.5 Å². The van der Waals surface area contributed by atoms with Crippen molar-refractivity contribution in [3.8, 4) is 0 Å². The first-order valence-corrected chi connectivity index (χ1v) is 12.4. The van der Waals surface area contributed by atoms with Gasteiger partial charge in [0.05, 0.1) is 7.11 Å². The number of nitrogens with zero attached hydrogens (tertiary/aromatic N) is 2. The van der Waals surface area contributed by atoms with Gasteiger partial charge < -0.3 is 10.1 Å². The quantitative estimate of drug-likeness (QED) is 0.454. The Balaban J connectivity index is 0. The van der Waals surface area contributed by atoms with E-state index >= 15 is 0 Å². The van der Waals surface area contributed by atoms with Crippen LogP contribution in [0.15, 0.2) is 53.5 Å². The van der Waals surface area contributed by atoms with Gasteiger partial charge in [-0.1, -0.05) is 85.2 Å². The molecule has 7 nitrogen and oxygen atoms in total. The Kier molecular flexibility index (Phi) is 19.2. The lowest BCUT2D eigenvalue weighted by Crippen LogP contribution is -2.34. The number of carbonyl (C=O) groups excluding carboxylic acids is 2. The Morgan fingerprint density at radius 1 is 0.943 bits per heavy atom. The number of fused-ring (bicyclic) bond motifs is 1. The number of esters is 1. The number of benzene rings is 1. The van der Waals surface area contributed by atoms with Gasteiger partial charge in [0, 0.05) is 18.1 Å². The average Bonchev–Trinajstić information content (AvgIpc) is 2.94. The Morgan fingerprint density at radius 2 is 1.51 bits per heavy atom. The Labute approximate surface area is 210 Å². The maximum absolute atomic E-state index is 12.8. The van der Waals surface area contributed by atoms with Gasteiger partial charge in [-0.2, -0.15) is 0 Å². The van der Waals surface area contributed by atoms with E-state index in [0.29, 0.717) is 17.6 Å². The van der Waals surface area contributed by atoms with Crippen molar-refractivity contribution in [2.24, 2.45) is 0 Å². The standard InChI is InChI=1S/C20H19N3O4.4C2H6/c1-13-5-7-14(8-6-13)11-22-19(25)16-10-15-4-3-9-21-18(15)23(20(16)26)12-17(24)27-2;4*1-2/h3-10H,11-12H2,1-2H3,(H,22,25);4*1-2H3. The number of carbonyl (C=O) groups is 2. The maximum atomic E-state index is 12.8. The molecule has 7 heteroatoms. The first-order valence-electron chi connectivity index (χ1n) is 12.4. The van der Waals surface area contributed by atoms with Crippen LogP contribution in [0.5, 0.6) is 0 Å². The molecule has 1 amide bonds. The molecule has 2 aromatic heterocycles. The second-order valence-electron chi connectivity index (χ2n) is 6.11. The van der Waals surface area contributed by atoms with Gasteiger partial charge in [0.1, 0.15) is 17.8 Å².